The monoisotopic (exact) mass is 385 g/mol. The first kappa shape index (κ1) is 18.5. The molecule has 0 atom stereocenters. The number of aromatic amines is 1. The summed E-state index contributed by atoms with van der Waals surface area (Å²) in [6.45, 7) is 3.42. The van der Waals surface area contributed by atoms with Gasteiger partial charge in [-0.05, 0) is 30.5 Å². The highest BCUT2D eigenvalue weighted by molar-refractivity contribution is 7.20. The molecule has 3 rings (SSSR count). The molecular formula is C18H15N3O5S. The van der Waals surface area contributed by atoms with Gasteiger partial charge in [-0.15, -0.1) is 11.3 Å². The van der Waals surface area contributed by atoms with Gasteiger partial charge in [0.25, 0.3) is 11.2 Å². The van der Waals surface area contributed by atoms with Crippen LogP contribution in [0.15, 0.2) is 23.0 Å². The number of rotatable bonds is 5. The molecule has 2 N–H and O–H groups in total. The second-order valence-corrected chi connectivity index (χ2v) is 6.82. The number of hydrogen-bond acceptors (Lipinski definition) is 6. The summed E-state index contributed by atoms with van der Waals surface area (Å²) < 4.78 is 0. The van der Waals surface area contributed by atoms with Crippen molar-refractivity contribution in [3.63, 3.8) is 0 Å². The molecule has 8 nitrogen and oxygen atoms in total. The number of aromatic carboxylic acids is 1. The smallest absolute Gasteiger partial charge is 0.346 e. The largest absolute Gasteiger partial charge is 0.477 e. The minimum atomic E-state index is -1.10. The summed E-state index contributed by atoms with van der Waals surface area (Å²) >= 11 is 0.939. The summed E-state index contributed by atoms with van der Waals surface area (Å²) in [5.74, 6) is -0.858. The maximum Gasteiger partial charge on any atom is 0.346 e. The third kappa shape index (κ3) is 3.49. The highest BCUT2D eigenvalue weighted by atomic mass is 32.1. The van der Waals surface area contributed by atoms with Gasteiger partial charge in [0.2, 0.25) is 0 Å². The van der Waals surface area contributed by atoms with E-state index in [2.05, 4.69) is 9.97 Å². The first-order valence-corrected chi connectivity index (χ1v) is 8.85. The predicted molar refractivity (Wildman–Crippen MR) is 103 cm³/mol. The van der Waals surface area contributed by atoms with Crippen molar-refractivity contribution < 1.29 is 14.8 Å². The van der Waals surface area contributed by atoms with Crippen molar-refractivity contribution in [3.8, 4) is 0 Å². The highest BCUT2D eigenvalue weighted by Gasteiger charge is 2.18. The summed E-state index contributed by atoms with van der Waals surface area (Å²) in [6.07, 6.45) is 3.69. The lowest BCUT2D eigenvalue weighted by molar-refractivity contribution is -0.385. The van der Waals surface area contributed by atoms with Gasteiger partial charge in [0, 0.05) is 11.6 Å². The van der Waals surface area contributed by atoms with E-state index in [0.717, 1.165) is 11.3 Å². The minimum Gasteiger partial charge on any atom is -0.477 e. The average Bonchev–Trinajstić information content (AvgIpc) is 2.97. The molecule has 138 valence electrons. The number of carboxylic acids is 1. The fourth-order valence-corrected chi connectivity index (χ4v) is 3.80. The predicted octanol–water partition coefficient (Wildman–Crippen LogP) is 3.63. The Hall–Kier alpha value is -3.33. The SMILES string of the molecule is CCc1ccc(/C=C/c2nc3sc(C(=O)O)c(C)c3c(=O)[nH]2)cc1[N+](=O)[O-]. The zero-order valence-electron chi connectivity index (χ0n) is 14.5. The molecule has 1 aromatic carbocycles. The number of carbonyl (C=O) groups is 1. The number of carboxylic acid groups (broad SMARTS) is 1. The molecule has 0 unspecified atom stereocenters. The van der Waals surface area contributed by atoms with E-state index in [1.165, 1.54) is 12.1 Å². The second kappa shape index (κ2) is 7.12. The van der Waals surface area contributed by atoms with Crippen molar-refractivity contribution in [3.05, 3.63) is 66.1 Å². The van der Waals surface area contributed by atoms with Crippen LogP contribution in [0.5, 0.6) is 0 Å². The maximum absolute atomic E-state index is 12.3. The number of nitro benzene ring substituents is 1. The van der Waals surface area contributed by atoms with Crippen LogP contribution in [0.2, 0.25) is 0 Å². The van der Waals surface area contributed by atoms with Crippen LogP contribution in [0.25, 0.3) is 22.4 Å². The molecule has 9 heteroatoms. The fraction of sp³-hybridized carbons (Fsp3) is 0.167. The van der Waals surface area contributed by atoms with Crippen molar-refractivity contribution in [2.75, 3.05) is 0 Å². The number of aromatic nitrogens is 2. The van der Waals surface area contributed by atoms with Crippen molar-refractivity contribution in [1.29, 1.82) is 0 Å². The molecule has 0 amide bonds. The highest BCUT2D eigenvalue weighted by Crippen LogP contribution is 2.27. The Morgan fingerprint density at radius 1 is 1.41 bits per heavy atom. The van der Waals surface area contributed by atoms with Crippen LogP contribution in [0.4, 0.5) is 5.69 Å². The van der Waals surface area contributed by atoms with E-state index >= 15 is 0 Å². The second-order valence-electron chi connectivity index (χ2n) is 5.82. The number of fused-ring (bicyclic) bond motifs is 1. The van der Waals surface area contributed by atoms with Gasteiger partial charge in [0.05, 0.1) is 10.3 Å². The number of benzene rings is 1. The lowest BCUT2D eigenvalue weighted by Crippen LogP contribution is -2.09. The summed E-state index contributed by atoms with van der Waals surface area (Å²) in [5, 5.41) is 20.6. The maximum atomic E-state index is 12.3. The van der Waals surface area contributed by atoms with Gasteiger partial charge in [-0.2, -0.15) is 0 Å². The normalized spacial score (nSPS) is 11.3. The van der Waals surface area contributed by atoms with Crippen LogP contribution in [0.3, 0.4) is 0 Å². The molecule has 0 radical (unpaired) electrons. The molecule has 0 aliphatic carbocycles. The van der Waals surface area contributed by atoms with E-state index in [0.29, 0.717) is 27.9 Å². The molecule has 0 saturated carbocycles. The summed E-state index contributed by atoms with van der Waals surface area (Å²) in [4.78, 5) is 41.6. The van der Waals surface area contributed by atoms with Crippen LogP contribution < -0.4 is 5.56 Å². The Bertz CT molecular complexity index is 1160. The van der Waals surface area contributed by atoms with Crippen molar-refractivity contribution >= 4 is 45.4 Å². The van der Waals surface area contributed by atoms with E-state index in [9.17, 15) is 24.8 Å². The molecule has 0 spiro atoms. The molecule has 0 aliphatic heterocycles. The Morgan fingerprint density at radius 2 is 2.15 bits per heavy atom. The number of nitro groups is 1. The minimum absolute atomic E-state index is 0.0385. The Kier molecular flexibility index (Phi) is 4.87. The van der Waals surface area contributed by atoms with E-state index < -0.39 is 16.5 Å². The van der Waals surface area contributed by atoms with E-state index in [1.54, 1.807) is 25.1 Å². The number of thiophene rings is 1. The zero-order valence-corrected chi connectivity index (χ0v) is 15.3. The fourth-order valence-electron chi connectivity index (χ4n) is 2.77. The quantitative estimate of drug-likeness (QED) is 0.510. The van der Waals surface area contributed by atoms with Gasteiger partial charge < -0.3 is 10.1 Å². The average molecular weight is 385 g/mol. The van der Waals surface area contributed by atoms with E-state index in [1.807, 2.05) is 6.92 Å². The first-order valence-electron chi connectivity index (χ1n) is 8.04. The molecule has 3 aromatic rings. The third-order valence-electron chi connectivity index (χ3n) is 4.13. The van der Waals surface area contributed by atoms with Crippen LogP contribution >= 0.6 is 11.3 Å². The molecule has 0 bridgehead atoms. The zero-order chi connectivity index (χ0) is 19.7. The van der Waals surface area contributed by atoms with Crippen LogP contribution in [0.1, 0.15) is 39.1 Å². The number of hydrogen-bond donors (Lipinski definition) is 2. The molecule has 2 aromatic heterocycles. The van der Waals surface area contributed by atoms with Gasteiger partial charge in [-0.25, -0.2) is 9.78 Å². The summed E-state index contributed by atoms with van der Waals surface area (Å²) in [7, 11) is 0. The number of nitrogens with one attached hydrogen (secondary N) is 1. The van der Waals surface area contributed by atoms with Gasteiger partial charge in [-0.3, -0.25) is 14.9 Å². The number of nitrogens with zero attached hydrogens (tertiary/aromatic N) is 2. The van der Waals surface area contributed by atoms with Crippen LogP contribution in [0, 0.1) is 17.0 Å². The Labute approximate surface area is 157 Å². The van der Waals surface area contributed by atoms with Crippen LogP contribution in [-0.4, -0.2) is 26.0 Å². The first-order chi connectivity index (χ1) is 12.8. The Morgan fingerprint density at radius 3 is 2.78 bits per heavy atom. The topological polar surface area (TPSA) is 126 Å². The van der Waals surface area contributed by atoms with Crippen LogP contribution in [-0.2, 0) is 6.42 Å². The van der Waals surface area contributed by atoms with E-state index in [4.69, 9.17) is 0 Å². The van der Waals surface area contributed by atoms with Gasteiger partial charge in [0.15, 0.2) is 0 Å². The molecular weight excluding hydrogens is 370 g/mol. The van der Waals surface area contributed by atoms with Crippen molar-refractivity contribution in [2.45, 2.75) is 20.3 Å². The van der Waals surface area contributed by atoms with Crippen molar-refractivity contribution in [2.24, 2.45) is 0 Å². The third-order valence-corrected chi connectivity index (χ3v) is 5.31. The lowest BCUT2D eigenvalue weighted by atomic mass is 10.1. The van der Waals surface area contributed by atoms with Gasteiger partial charge >= 0.3 is 5.97 Å². The van der Waals surface area contributed by atoms with Gasteiger partial charge in [0.1, 0.15) is 15.5 Å². The van der Waals surface area contributed by atoms with Crippen molar-refractivity contribution in [1.82, 2.24) is 9.97 Å². The molecule has 0 saturated heterocycles. The molecule has 0 aliphatic rings. The molecule has 27 heavy (non-hydrogen) atoms. The number of H-pyrrole nitrogens is 1. The number of aryl methyl sites for hydroxylation is 2. The van der Waals surface area contributed by atoms with E-state index in [-0.39, 0.29) is 21.8 Å². The van der Waals surface area contributed by atoms with Gasteiger partial charge in [-0.1, -0.05) is 25.1 Å². The standard InChI is InChI=1S/C18H15N3O5S/c1-3-11-6-4-10(8-12(11)21(25)26)5-7-13-19-16(22)14-9(2)15(18(23)24)27-17(14)20-13/h4-8H,3H2,1-2H3,(H,23,24)(H,19,20,22)/b7-5+. The summed E-state index contributed by atoms with van der Waals surface area (Å²) in [6, 6.07) is 4.90. The Balaban J connectivity index is 2.02. The molecule has 0 fully saturated rings. The molecule has 2 heterocycles. The summed E-state index contributed by atoms with van der Waals surface area (Å²) in [5.41, 5.74) is 1.23. The lowest BCUT2D eigenvalue weighted by Gasteiger charge is -2.01.